The molecular formula is C16H20N4O3. The zero-order chi connectivity index (χ0) is 17.1. The predicted molar refractivity (Wildman–Crippen MR) is 86.4 cm³/mol. The number of nitrogens with one attached hydrogen (secondary N) is 1. The number of anilines is 1. The predicted octanol–water partition coefficient (Wildman–Crippen LogP) is 1.24. The highest BCUT2D eigenvalue weighted by Gasteiger charge is 2.11. The molecule has 0 atom stereocenters. The molecule has 0 saturated carbocycles. The molecule has 23 heavy (non-hydrogen) atoms. The Balaban J connectivity index is 2.76. The van der Waals surface area contributed by atoms with Gasteiger partial charge < -0.3 is 20.7 Å². The molecule has 0 fully saturated rings. The minimum absolute atomic E-state index is 0.164. The van der Waals surface area contributed by atoms with Crippen LogP contribution in [-0.4, -0.2) is 36.9 Å². The maximum atomic E-state index is 12.1. The van der Waals surface area contributed by atoms with Crippen molar-refractivity contribution in [3.8, 4) is 11.8 Å². The van der Waals surface area contributed by atoms with Crippen LogP contribution in [0.15, 0.2) is 36.0 Å². The second-order valence-electron chi connectivity index (χ2n) is 4.55. The van der Waals surface area contributed by atoms with Crippen molar-refractivity contribution in [2.24, 2.45) is 5.73 Å². The van der Waals surface area contributed by atoms with E-state index >= 15 is 0 Å². The van der Waals surface area contributed by atoms with Crippen LogP contribution in [0.4, 0.5) is 5.69 Å². The van der Waals surface area contributed by atoms with Crippen molar-refractivity contribution in [3.63, 3.8) is 0 Å². The quantitative estimate of drug-likeness (QED) is 0.405. The van der Waals surface area contributed by atoms with Crippen molar-refractivity contribution in [1.29, 1.82) is 5.26 Å². The summed E-state index contributed by atoms with van der Waals surface area (Å²) in [6.07, 6.45) is 2.35. The summed E-state index contributed by atoms with van der Waals surface area (Å²) in [4.78, 5) is 24.2. The van der Waals surface area contributed by atoms with Gasteiger partial charge in [-0.05, 0) is 44.2 Å². The molecule has 0 spiro atoms. The first kappa shape index (κ1) is 18.2. The highest BCUT2D eigenvalue weighted by Crippen LogP contribution is 2.16. The third-order valence-corrected chi connectivity index (χ3v) is 2.84. The zero-order valence-electron chi connectivity index (χ0n) is 13.0. The Hall–Kier alpha value is -2.85. The van der Waals surface area contributed by atoms with E-state index in [1.165, 1.54) is 11.1 Å². The van der Waals surface area contributed by atoms with Crippen LogP contribution in [0.5, 0.6) is 5.75 Å². The molecule has 0 bridgehead atoms. The average Bonchev–Trinajstić information content (AvgIpc) is 2.57. The summed E-state index contributed by atoms with van der Waals surface area (Å²) in [5.41, 5.74) is 5.74. The van der Waals surface area contributed by atoms with E-state index in [9.17, 15) is 9.59 Å². The molecule has 1 rings (SSSR count). The van der Waals surface area contributed by atoms with Crippen LogP contribution in [0, 0.1) is 11.3 Å². The molecule has 1 aromatic rings. The van der Waals surface area contributed by atoms with Crippen molar-refractivity contribution in [3.05, 3.63) is 36.0 Å². The first-order valence-corrected chi connectivity index (χ1v) is 7.21. The van der Waals surface area contributed by atoms with E-state index in [1.807, 2.05) is 6.92 Å². The second-order valence-corrected chi connectivity index (χ2v) is 4.55. The molecular weight excluding hydrogens is 296 g/mol. The summed E-state index contributed by atoms with van der Waals surface area (Å²) < 4.78 is 5.31. The maximum absolute atomic E-state index is 12.1. The molecule has 0 aliphatic carbocycles. The summed E-state index contributed by atoms with van der Waals surface area (Å²) in [5, 5.41) is 11.7. The smallest absolute Gasteiger partial charge is 0.267 e. The third-order valence-electron chi connectivity index (χ3n) is 2.84. The first-order chi connectivity index (χ1) is 11.1. The van der Waals surface area contributed by atoms with E-state index < -0.39 is 5.91 Å². The number of carbonyl (C=O) groups excluding carboxylic acids is 2. The molecule has 122 valence electrons. The van der Waals surface area contributed by atoms with E-state index in [4.69, 9.17) is 15.7 Å². The zero-order valence-corrected chi connectivity index (χ0v) is 13.0. The monoisotopic (exact) mass is 316 g/mol. The highest BCUT2D eigenvalue weighted by molar-refractivity contribution is 6.06. The summed E-state index contributed by atoms with van der Waals surface area (Å²) in [6, 6.07) is 8.56. The molecule has 0 unspecified atom stereocenters. The fourth-order valence-corrected chi connectivity index (χ4v) is 1.73. The van der Waals surface area contributed by atoms with Crippen LogP contribution < -0.4 is 15.8 Å². The maximum Gasteiger partial charge on any atom is 0.267 e. The Kier molecular flexibility index (Phi) is 7.89. The van der Waals surface area contributed by atoms with Gasteiger partial charge in [0.05, 0.1) is 6.61 Å². The number of nitriles is 1. The van der Waals surface area contributed by atoms with Gasteiger partial charge in [0.2, 0.25) is 6.41 Å². The van der Waals surface area contributed by atoms with Crippen LogP contribution in [0.25, 0.3) is 0 Å². The number of hydrogen-bond donors (Lipinski definition) is 2. The highest BCUT2D eigenvalue weighted by atomic mass is 16.5. The number of benzene rings is 1. The molecule has 7 heteroatoms. The summed E-state index contributed by atoms with van der Waals surface area (Å²) >= 11 is 0. The van der Waals surface area contributed by atoms with Gasteiger partial charge in [-0.15, -0.1) is 0 Å². The standard InChI is InChI=1S/C16H20N4O3/c1-2-23-15-6-4-14(5-7-15)19-16(22)13(10-18)11-20(12-21)9-3-8-17/h4-7,11-12H,2-3,8-9,17H2,1H3,(H,19,22)/b13-11-. The van der Waals surface area contributed by atoms with Crippen LogP contribution in [-0.2, 0) is 9.59 Å². The number of ether oxygens (including phenoxy) is 1. The molecule has 3 N–H and O–H groups in total. The topological polar surface area (TPSA) is 108 Å². The number of carbonyl (C=O) groups is 2. The van der Waals surface area contributed by atoms with Gasteiger partial charge in [0.25, 0.3) is 5.91 Å². The Morgan fingerprint density at radius 2 is 2.13 bits per heavy atom. The largest absolute Gasteiger partial charge is 0.494 e. The Morgan fingerprint density at radius 3 is 2.65 bits per heavy atom. The van der Waals surface area contributed by atoms with Crippen molar-refractivity contribution >= 4 is 18.0 Å². The summed E-state index contributed by atoms with van der Waals surface area (Å²) in [5.74, 6) is 0.103. The van der Waals surface area contributed by atoms with Gasteiger partial charge in [0, 0.05) is 18.4 Å². The second kappa shape index (κ2) is 9.97. The lowest BCUT2D eigenvalue weighted by Crippen LogP contribution is -2.22. The van der Waals surface area contributed by atoms with E-state index in [-0.39, 0.29) is 5.57 Å². The van der Waals surface area contributed by atoms with E-state index in [2.05, 4.69) is 5.32 Å². The lowest BCUT2D eigenvalue weighted by Gasteiger charge is -2.12. The van der Waals surface area contributed by atoms with Crippen LogP contribution in [0.2, 0.25) is 0 Å². The summed E-state index contributed by atoms with van der Waals surface area (Å²) in [6.45, 7) is 3.19. The number of nitrogens with zero attached hydrogens (tertiary/aromatic N) is 2. The van der Waals surface area contributed by atoms with Crippen LogP contribution >= 0.6 is 0 Å². The Bertz CT molecular complexity index is 590. The normalized spacial score (nSPS) is 10.6. The number of amides is 2. The fourth-order valence-electron chi connectivity index (χ4n) is 1.73. The minimum Gasteiger partial charge on any atom is -0.494 e. The molecule has 0 aliphatic heterocycles. The van der Waals surface area contributed by atoms with Gasteiger partial charge in [-0.1, -0.05) is 0 Å². The van der Waals surface area contributed by atoms with Crippen LogP contribution in [0.3, 0.4) is 0 Å². The van der Waals surface area contributed by atoms with Crippen molar-refractivity contribution in [1.82, 2.24) is 4.90 Å². The van der Waals surface area contributed by atoms with Gasteiger partial charge in [0.1, 0.15) is 17.4 Å². The molecule has 2 amide bonds. The molecule has 7 nitrogen and oxygen atoms in total. The number of nitrogens with two attached hydrogens (primary N) is 1. The molecule has 0 radical (unpaired) electrons. The van der Waals surface area contributed by atoms with Gasteiger partial charge in [-0.3, -0.25) is 9.59 Å². The van der Waals surface area contributed by atoms with E-state index in [0.717, 1.165) is 0 Å². The van der Waals surface area contributed by atoms with Gasteiger partial charge in [-0.25, -0.2) is 0 Å². The van der Waals surface area contributed by atoms with E-state index in [0.29, 0.717) is 44.0 Å². The lowest BCUT2D eigenvalue weighted by atomic mass is 10.2. The van der Waals surface area contributed by atoms with Gasteiger partial charge in [-0.2, -0.15) is 5.26 Å². The van der Waals surface area contributed by atoms with Gasteiger partial charge >= 0.3 is 0 Å². The fraction of sp³-hybridized carbons (Fsp3) is 0.312. The SMILES string of the molecule is CCOc1ccc(NC(=O)/C(C#N)=C\N(C=O)CCCN)cc1. The first-order valence-electron chi connectivity index (χ1n) is 7.21. The average molecular weight is 316 g/mol. The van der Waals surface area contributed by atoms with Crippen molar-refractivity contribution in [2.75, 3.05) is 25.0 Å². The lowest BCUT2D eigenvalue weighted by molar-refractivity contribution is -0.116. The number of hydrogen-bond acceptors (Lipinski definition) is 5. The third kappa shape index (κ3) is 6.20. The molecule has 1 aromatic carbocycles. The molecule has 0 heterocycles. The van der Waals surface area contributed by atoms with Crippen molar-refractivity contribution in [2.45, 2.75) is 13.3 Å². The number of rotatable bonds is 9. The Labute approximate surface area is 135 Å². The molecule has 0 aliphatic rings. The minimum atomic E-state index is -0.587. The van der Waals surface area contributed by atoms with Crippen molar-refractivity contribution < 1.29 is 14.3 Å². The van der Waals surface area contributed by atoms with Crippen LogP contribution in [0.1, 0.15) is 13.3 Å². The van der Waals surface area contributed by atoms with Gasteiger partial charge in [0.15, 0.2) is 0 Å². The van der Waals surface area contributed by atoms with E-state index in [1.54, 1.807) is 30.3 Å². The molecule has 0 aromatic heterocycles. The summed E-state index contributed by atoms with van der Waals surface area (Å²) in [7, 11) is 0. The molecule has 0 saturated heterocycles. The Morgan fingerprint density at radius 1 is 1.43 bits per heavy atom.